The van der Waals surface area contributed by atoms with Gasteiger partial charge in [-0.25, -0.2) is 9.88 Å². The van der Waals surface area contributed by atoms with Crippen molar-refractivity contribution in [2.24, 2.45) is 5.73 Å². The fourth-order valence-corrected chi connectivity index (χ4v) is 3.10. The van der Waals surface area contributed by atoms with Gasteiger partial charge in [-0.3, -0.25) is 9.59 Å². The highest BCUT2D eigenvalue weighted by Crippen LogP contribution is 2.28. The van der Waals surface area contributed by atoms with Crippen LogP contribution in [0.4, 0.5) is 5.69 Å². The molecule has 2 aromatic rings. The highest BCUT2D eigenvalue weighted by molar-refractivity contribution is 7.18. The van der Waals surface area contributed by atoms with Gasteiger partial charge in [0.2, 0.25) is 5.91 Å². The predicted molar refractivity (Wildman–Crippen MR) is 74.1 cm³/mol. The predicted octanol–water partition coefficient (Wildman–Crippen LogP) is 1.59. The van der Waals surface area contributed by atoms with Gasteiger partial charge < -0.3 is 5.73 Å². The second-order valence-electron chi connectivity index (χ2n) is 4.60. The number of thiazole rings is 1. The fourth-order valence-electron chi connectivity index (χ4n) is 2.24. The molecular formula is C13H13N3O2S. The number of carbonyl (C=O) groups excluding carboxylic acids is 2. The molecule has 3 rings (SSSR count). The lowest BCUT2D eigenvalue weighted by Gasteiger charge is -2.28. The minimum Gasteiger partial charge on any atom is -0.320 e. The Balaban J connectivity index is 2.06. The molecule has 1 saturated heterocycles. The Kier molecular flexibility index (Phi) is 2.83. The van der Waals surface area contributed by atoms with E-state index in [0.29, 0.717) is 18.5 Å². The fraction of sp³-hybridized carbons (Fsp3) is 0.308. The molecule has 1 aromatic heterocycles. The van der Waals surface area contributed by atoms with Crippen molar-refractivity contribution in [3.05, 3.63) is 23.2 Å². The number of hydrogen-bond acceptors (Lipinski definition) is 5. The van der Waals surface area contributed by atoms with E-state index in [-0.39, 0.29) is 11.8 Å². The molecule has 2 N–H and O–H groups in total. The Morgan fingerprint density at radius 2 is 2.21 bits per heavy atom. The second kappa shape index (κ2) is 4.40. The highest BCUT2D eigenvalue weighted by atomic mass is 32.1. The van der Waals surface area contributed by atoms with Gasteiger partial charge in [0, 0.05) is 6.42 Å². The Morgan fingerprint density at radius 1 is 1.42 bits per heavy atom. The monoisotopic (exact) mass is 275 g/mol. The summed E-state index contributed by atoms with van der Waals surface area (Å²) < 4.78 is 0.967. The quantitative estimate of drug-likeness (QED) is 0.802. The van der Waals surface area contributed by atoms with Crippen LogP contribution in [0.15, 0.2) is 18.2 Å². The van der Waals surface area contributed by atoms with Gasteiger partial charge in [0.15, 0.2) is 0 Å². The van der Waals surface area contributed by atoms with E-state index in [1.165, 1.54) is 4.90 Å². The van der Waals surface area contributed by atoms with Gasteiger partial charge in [0.1, 0.15) is 0 Å². The Morgan fingerprint density at radius 3 is 3.00 bits per heavy atom. The molecule has 0 unspecified atom stereocenters. The van der Waals surface area contributed by atoms with Crippen molar-refractivity contribution in [2.75, 3.05) is 4.90 Å². The lowest BCUT2D eigenvalue weighted by molar-refractivity contribution is -0.130. The Bertz CT molecular complexity index is 680. The molecule has 0 spiro atoms. The van der Waals surface area contributed by atoms with Crippen molar-refractivity contribution >= 4 is 39.1 Å². The number of hydrogen-bond donors (Lipinski definition) is 1. The average Bonchev–Trinajstić information content (AvgIpc) is 2.74. The first-order valence-electron chi connectivity index (χ1n) is 6.06. The zero-order valence-corrected chi connectivity index (χ0v) is 11.2. The second-order valence-corrected chi connectivity index (χ2v) is 5.83. The number of benzene rings is 1. The molecule has 2 amide bonds. The third-order valence-electron chi connectivity index (χ3n) is 3.19. The van der Waals surface area contributed by atoms with E-state index in [1.54, 1.807) is 17.4 Å². The normalized spacial score (nSPS) is 20.3. The van der Waals surface area contributed by atoms with Crippen LogP contribution in [-0.2, 0) is 9.59 Å². The molecule has 1 atom stereocenters. The van der Waals surface area contributed by atoms with Crippen LogP contribution in [0.5, 0.6) is 0 Å². The summed E-state index contributed by atoms with van der Waals surface area (Å²) in [5.41, 5.74) is 7.20. The molecule has 0 bridgehead atoms. The third kappa shape index (κ3) is 2.02. The molecule has 1 fully saturated rings. The van der Waals surface area contributed by atoms with Gasteiger partial charge in [-0.15, -0.1) is 11.3 Å². The number of nitrogens with zero attached hydrogens (tertiary/aromatic N) is 2. The van der Waals surface area contributed by atoms with Gasteiger partial charge in [0.25, 0.3) is 5.91 Å². The van der Waals surface area contributed by atoms with Crippen LogP contribution in [0, 0.1) is 6.92 Å². The highest BCUT2D eigenvalue weighted by Gasteiger charge is 2.33. The van der Waals surface area contributed by atoms with Crippen LogP contribution in [0.3, 0.4) is 0 Å². The standard InChI is InChI=1S/C13H13N3O2S/c1-7-15-10-4-2-8(6-11(10)19-7)16-12(17)5-3-9(14)13(16)18/h2,4,6,9H,3,5,14H2,1H3/t9-/m0/s1. The number of fused-ring (bicyclic) bond motifs is 1. The number of anilines is 1. The van der Waals surface area contributed by atoms with Crippen molar-refractivity contribution in [3.63, 3.8) is 0 Å². The van der Waals surface area contributed by atoms with E-state index in [0.717, 1.165) is 15.2 Å². The van der Waals surface area contributed by atoms with E-state index >= 15 is 0 Å². The van der Waals surface area contributed by atoms with Crippen LogP contribution in [0.25, 0.3) is 10.2 Å². The van der Waals surface area contributed by atoms with Crippen LogP contribution < -0.4 is 10.6 Å². The number of aromatic nitrogens is 1. The summed E-state index contributed by atoms with van der Waals surface area (Å²) in [6.45, 7) is 1.93. The van der Waals surface area contributed by atoms with Gasteiger partial charge in [0.05, 0.1) is 27.0 Å². The summed E-state index contributed by atoms with van der Waals surface area (Å²) in [6, 6.07) is 4.81. The summed E-state index contributed by atoms with van der Waals surface area (Å²) >= 11 is 1.54. The molecule has 19 heavy (non-hydrogen) atoms. The van der Waals surface area contributed by atoms with E-state index in [1.807, 2.05) is 19.1 Å². The van der Waals surface area contributed by atoms with E-state index in [4.69, 9.17) is 5.73 Å². The molecule has 98 valence electrons. The molecule has 6 heteroatoms. The summed E-state index contributed by atoms with van der Waals surface area (Å²) in [5, 5.41) is 0.958. The van der Waals surface area contributed by atoms with Crippen LogP contribution in [0.1, 0.15) is 17.8 Å². The molecular weight excluding hydrogens is 262 g/mol. The summed E-state index contributed by atoms with van der Waals surface area (Å²) in [4.78, 5) is 29.5. The Hall–Kier alpha value is -1.79. The number of rotatable bonds is 1. The summed E-state index contributed by atoms with van der Waals surface area (Å²) in [5.74, 6) is -0.510. The number of amides is 2. The molecule has 2 heterocycles. The maximum absolute atomic E-state index is 12.0. The van der Waals surface area contributed by atoms with Gasteiger partial charge >= 0.3 is 0 Å². The first kappa shape index (κ1) is 12.3. The van der Waals surface area contributed by atoms with Crippen LogP contribution in [0.2, 0.25) is 0 Å². The zero-order valence-electron chi connectivity index (χ0n) is 10.4. The molecule has 5 nitrogen and oxygen atoms in total. The number of imide groups is 1. The van der Waals surface area contributed by atoms with E-state index in [9.17, 15) is 9.59 Å². The average molecular weight is 275 g/mol. The van der Waals surface area contributed by atoms with E-state index < -0.39 is 6.04 Å². The number of nitrogens with two attached hydrogens (primary N) is 1. The van der Waals surface area contributed by atoms with Crippen molar-refractivity contribution < 1.29 is 9.59 Å². The SMILES string of the molecule is Cc1nc2ccc(N3C(=O)CC[C@H](N)C3=O)cc2s1. The minimum absolute atomic E-state index is 0.188. The summed E-state index contributed by atoms with van der Waals surface area (Å²) in [6.07, 6.45) is 0.739. The molecule has 1 aliphatic rings. The number of aryl methyl sites for hydroxylation is 1. The van der Waals surface area contributed by atoms with E-state index in [2.05, 4.69) is 4.98 Å². The van der Waals surface area contributed by atoms with Gasteiger partial charge in [-0.2, -0.15) is 0 Å². The number of carbonyl (C=O) groups is 2. The first-order valence-corrected chi connectivity index (χ1v) is 6.87. The van der Waals surface area contributed by atoms with Crippen molar-refractivity contribution in [2.45, 2.75) is 25.8 Å². The topological polar surface area (TPSA) is 76.3 Å². The maximum Gasteiger partial charge on any atom is 0.250 e. The van der Waals surface area contributed by atoms with Crippen molar-refractivity contribution in [1.82, 2.24) is 4.98 Å². The zero-order chi connectivity index (χ0) is 13.6. The number of piperidine rings is 1. The summed E-state index contributed by atoms with van der Waals surface area (Å²) in [7, 11) is 0. The van der Waals surface area contributed by atoms with Crippen LogP contribution >= 0.6 is 11.3 Å². The lowest BCUT2D eigenvalue weighted by atomic mass is 10.0. The smallest absolute Gasteiger partial charge is 0.250 e. The minimum atomic E-state index is -0.586. The molecule has 1 aliphatic heterocycles. The molecule has 1 aromatic carbocycles. The Labute approximate surface area is 114 Å². The third-order valence-corrected chi connectivity index (χ3v) is 4.13. The lowest BCUT2D eigenvalue weighted by Crippen LogP contribution is -2.51. The maximum atomic E-state index is 12.0. The molecule has 0 aliphatic carbocycles. The molecule has 0 radical (unpaired) electrons. The van der Waals surface area contributed by atoms with Crippen molar-refractivity contribution in [3.8, 4) is 0 Å². The van der Waals surface area contributed by atoms with Gasteiger partial charge in [-0.1, -0.05) is 0 Å². The first-order chi connectivity index (χ1) is 9.06. The van der Waals surface area contributed by atoms with Gasteiger partial charge in [-0.05, 0) is 31.5 Å². The van der Waals surface area contributed by atoms with Crippen molar-refractivity contribution in [1.29, 1.82) is 0 Å². The largest absolute Gasteiger partial charge is 0.320 e. The van der Waals surface area contributed by atoms with Crippen LogP contribution in [-0.4, -0.2) is 22.8 Å². The molecule has 0 saturated carbocycles.